The highest BCUT2D eigenvalue weighted by molar-refractivity contribution is 5.89. The van der Waals surface area contributed by atoms with Gasteiger partial charge in [0, 0.05) is 0 Å². The summed E-state index contributed by atoms with van der Waals surface area (Å²) in [6.07, 6.45) is 15.0. The molecule has 0 unspecified atom stereocenters. The highest BCUT2D eigenvalue weighted by Gasteiger charge is 2.14. The van der Waals surface area contributed by atoms with Crippen molar-refractivity contribution in [2.75, 3.05) is 7.11 Å². The molecule has 0 aromatic heterocycles. The summed E-state index contributed by atoms with van der Waals surface area (Å²) in [5.74, 6) is 0.488. The fourth-order valence-electron chi connectivity index (χ4n) is 2.87. The molecule has 0 heterocycles. The van der Waals surface area contributed by atoms with E-state index in [1.807, 2.05) is 0 Å². The fraction of sp³-hybridized carbons (Fsp3) is 0.550. The van der Waals surface area contributed by atoms with Crippen molar-refractivity contribution < 1.29 is 14.3 Å². The number of hydrogen-bond acceptors (Lipinski definition) is 3. The van der Waals surface area contributed by atoms with Crippen LogP contribution in [0.25, 0.3) is 0 Å². The second kappa shape index (κ2) is 10.1. The SMILES string of the molecule is COc1ccc(C(=O)O[C@@H]2/C=C\CCCCCCCCC2)cc1. The molecule has 1 aromatic rings. The molecule has 2 rings (SSSR count). The van der Waals surface area contributed by atoms with Crippen LogP contribution in [0.5, 0.6) is 5.75 Å². The molecule has 0 spiro atoms. The highest BCUT2D eigenvalue weighted by atomic mass is 16.5. The van der Waals surface area contributed by atoms with E-state index < -0.39 is 0 Å². The first-order chi connectivity index (χ1) is 11.3. The highest BCUT2D eigenvalue weighted by Crippen LogP contribution is 2.17. The van der Waals surface area contributed by atoms with Crippen LogP contribution in [0.4, 0.5) is 0 Å². The molecule has 0 saturated heterocycles. The first-order valence-corrected chi connectivity index (χ1v) is 8.81. The van der Waals surface area contributed by atoms with Crippen LogP contribution in [-0.4, -0.2) is 19.2 Å². The smallest absolute Gasteiger partial charge is 0.338 e. The Morgan fingerprint density at radius 3 is 2.30 bits per heavy atom. The van der Waals surface area contributed by atoms with E-state index in [9.17, 15) is 4.79 Å². The van der Waals surface area contributed by atoms with Gasteiger partial charge in [0.05, 0.1) is 12.7 Å². The van der Waals surface area contributed by atoms with Gasteiger partial charge in [-0.1, -0.05) is 38.2 Å². The maximum atomic E-state index is 12.3. The Balaban J connectivity index is 1.92. The van der Waals surface area contributed by atoms with E-state index in [2.05, 4.69) is 12.2 Å². The maximum Gasteiger partial charge on any atom is 0.338 e. The topological polar surface area (TPSA) is 35.5 Å². The van der Waals surface area contributed by atoms with Crippen LogP contribution < -0.4 is 4.74 Å². The van der Waals surface area contributed by atoms with Crippen molar-refractivity contribution in [2.45, 2.75) is 63.9 Å². The maximum absolute atomic E-state index is 12.3. The quantitative estimate of drug-likeness (QED) is 0.560. The largest absolute Gasteiger partial charge is 0.497 e. The number of carbonyl (C=O) groups is 1. The van der Waals surface area contributed by atoms with Gasteiger partial charge in [-0.25, -0.2) is 4.79 Å². The summed E-state index contributed by atoms with van der Waals surface area (Å²) in [6.45, 7) is 0. The summed E-state index contributed by atoms with van der Waals surface area (Å²) in [6, 6.07) is 7.07. The van der Waals surface area contributed by atoms with Crippen LogP contribution in [0.2, 0.25) is 0 Å². The molecule has 1 aliphatic carbocycles. The molecule has 0 bridgehead atoms. The van der Waals surface area contributed by atoms with Gasteiger partial charge in [-0.2, -0.15) is 0 Å². The van der Waals surface area contributed by atoms with Gasteiger partial charge < -0.3 is 9.47 Å². The third-order valence-corrected chi connectivity index (χ3v) is 4.29. The molecule has 1 atom stereocenters. The Labute approximate surface area is 139 Å². The molecule has 1 aromatic carbocycles. The monoisotopic (exact) mass is 316 g/mol. The minimum atomic E-state index is -0.255. The molecule has 3 heteroatoms. The zero-order valence-electron chi connectivity index (χ0n) is 14.1. The molecule has 23 heavy (non-hydrogen) atoms. The number of rotatable bonds is 3. The summed E-state index contributed by atoms with van der Waals surface area (Å²) in [5.41, 5.74) is 0.574. The minimum absolute atomic E-state index is 0.107. The summed E-state index contributed by atoms with van der Waals surface area (Å²) < 4.78 is 10.8. The number of hydrogen-bond donors (Lipinski definition) is 0. The lowest BCUT2D eigenvalue weighted by atomic mass is 10.0. The van der Waals surface area contributed by atoms with Gasteiger partial charge in [-0.05, 0) is 56.0 Å². The van der Waals surface area contributed by atoms with E-state index in [4.69, 9.17) is 9.47 Å². The zero-order valence-corrected chi connectivity index (χ0v) is 14.1. The van der Waals surface area contributed by atoms with Crippen molar-refractivity contribution in [1.29, 1.82) is 0 Å². The van der Waals surface area contributed by atoms with Gasteiger partial charge in [0.2, 0.25) is 0 Å². The van der Waals surface area contributed by atoms with Gasteiger partial charge in [-0.3, -0.25) is 0 Å². The van der Waals surface area contributed by atoms with E-state index in [0.29, 0.717) is 5.56 Å². The lowest BCUT2D eigenvalue weighted by molar-refractivity contribution is 0.0375. The van der Waals surface area contributed by atoms with Crippen LogP contribution in [-0.2, 0) is 4.74 Å². The van der Waals surface area contributed by atoms with Crippen molar-refractivity contribution in [3.05, 3.63) is 42.0 Å². The Morgan fingerprint density at radius 1 is 0.957 bits per heavy atom. The lowest BCUT2D eigenvalue weighted by Gasteiger charge is -2.15. The molecule has 0 amide bonds. The predicted molar refractivity (Wildman–Crippen MR) is 92.9 cm³/mol. The second-order valence-electron chi connectivity index (χ2n) is 6.15. The van der Waals surface area contributed by atoms with Crippen LogP contribution in [0.15, 0.2) is 36.4 Å². The Hall–Kier alpha value is -1.77. The van der Waals surface area contributed by atoms with Gasteiger partial charge >= 0.3 is 5.97 Å². The van der Waals surface area contributed by atoms with E-state index >= 15 is 0 Å². The number of methoxy groups -OCH3 is 1. The van der Waals surface area contributed by atoms with E-state index in [0.717, 1.165) is 25.0 Å². The summed E-state index contributed by atoms with van der Waals surface area (Å²) >= 11 is 0. The molecular weight excluding hydrogens is 288 g/mol. The predicted octanol–water partition coefficient (Wildman–Crippen LogP) is 5.30. The zero-order chi connectivity index (χ0) is 16.3. The number of allylic oxidation sites excluding steroid dienone is 1. The molecule has 0 fully saturated rings. The van der Waals surface area contributed by atoms with Crippen molar-refractivity contribution >= 4 is 5.97 Å². The number of ether oxygens (including phenoxy) is 2. The third kappa shape index (κ3) is 6.47. The van der Waals surface area contributed by atoms with Crippen molar-refractivity contribution in [2.24, 2.45) is 0 Å². The number of esters is 1. The van der Waals surface area contributed by atoms with Crippen LogP contribution in [0, 0.1) is 0 Å². The van der Waals surface area contributed by atoms with Gasteiger partial charge in [0.1, 0.15) is 11.9 Å². The summed E-state index contributed by atoms with van der Waals surface area (Å²) in [4.78, 5) is 12.3. The van der Waals surface area contributed by atoms with Crippen molar-refractivity contribution in [1.82, 2.24) is 0 Å². The van der Waals surface area contributed by atoms with Crippen LogP contribution >= 0.6 is 0 Å². The van der Waals surface area contributed by atoms with Gasteiger partial charge in [0.25, 0.3) is 0 Å². The standard InChI is InChI=1S/C20H28O3/c1-22-18-15-13-17(14-16-18)20(21)23-19-11-9-7-5-3-2-4-6-8-10-12-19/h9,11,13-16,19H,2-8,10,12H2,1H3/b11-9-/t19-/m1/s1. The van der Waals surface area contributed by atoms with Crippen molar-refractivity contribution in [3.63, 3.8) is 0 Å². The normalized spacial score (nSPS) is 21.5. The molecule has 3 nitrogen and oxygen atoms in total. The lowest BCUT2D eigenvalue weighted by Crippen LogP contribution is -2.16. The number of benzene rings is 1. The molecule has 0 N–H and O–H groups in total. The minimum Gasteiger partial charge on any atom is -0.497 e. The molecule has 0 saturated carbocycles. The average molecular weight is 316 g/mol. The summed E-state index contributed by atoms with van der Waals surface area (Å²) in [5, 5.41) is 0. The van der Waals surface area contributed by atoms with Crippen LogP contribution in [0.1, 0.15) is 68.1 Å². The van der Waals surface area contributed by atoms with Crippen molar-refractivity contribution in [3.8, 4) is 5.75 Å². The van der Waals surface area contributed by atoms with E-state index in [1.165, 1.54) is 38.5 Å². The molecule has 0 aliphatic heterocycles. The van der Waals surface area contributed by atoms with E-state index in [-0.39, 0.29) is 12.1 Å². The van der Waals surface area contributed by atoms with Gasteiger partial charge in [-0.15, -0.1) is 0 Å². The second-order valence-corrected chi connectivity index (χ2v) is 6.15. The Morgan fingerprint density at radius 2 is 1.61 bits per heavy atom. The van der Waals surface area contributed by atoms with Crippen LogP contribution in [0.3, 0.4) is 0 Å². The third-order valence-electron chi connectivity index (χ3n) is 4.29. The molecule has 126 valence electrons. The molecule has 1 aliphatic rings. The first-order valence-electron chi connectivity index (χ1n) is 8.81. The van der Waals surface area contributed by atoms with E-state index in [1.54, 1.807) is 31.4 Å². The Bertz CT molecular complexity index is 490. The average Bonchev–Trinajstić information content (AvgIpc) is 2.57. The first kappa shape index (κ1) is 17.6. The summed E-state index contributed by atoms with van der Waals surface area (Å²) in [7, 11) is 1.61. The number of carbonyl (C=O) groups excluding carboxylic acids is 1. The Kier molecular flexibility index (Phi) is 7.71. The molecular formula is C20H28O3. The van der Waals surface area contributed by atoms with Gasteiger partial charge in [0.15, 0.2) is 0 Å². The fourth-order valence-corrected chi connectivity index (χ4v) is 2.87. The molecule has 0 radical (unpaired) electrons.